The first-order chi connectivity index (χ1) is 7.65. The molecule has 0 amide bonds. The molecule has 3 nitrogen and oxygen atoms in total. The second-order valence-electron chi connectivity index (χ2n) is 3.36. The third kappa shape index (κ3) is 2.71. The Labute approximate surface area is 103 Å². The van der Waals surface area contributed by atoms with E-state index in [0.29, 0.717) is 5.15 Å². The number of aryl methyl sites for hydroxylation is 2. The zero-order valence-electron chi connectivity index (χ0n) is 8.94. The fourth-order valence-corrected chi connectivity index (χ4v) is 2.27. The van der Waals surface area contributed by atoms with Crippen molar-refractivity contribution in [1.29, 1.82) is 0 Å². The first-order valence-electron chi connectivity index (χ1n) is 4.75. The minimum absolute atomic E-state index is 0.487. The third-order valence-corrected chi connectivity index (χ3v) is 3.24. The number of hydrogen-bond acceptors (Lipinski definition) is 4. The van der Waals surface area contributed by atoms with E-state index in [1.165, 1.54) is 11.8 Å². The van der Waals surface area contributed by atoms with E-state index in [1.54, 1.807) is 12.4 Å². The van der Waals surface area contributed by atoms with Crippen LogP contribution in [0.3, 0.4) is 0 Å². The van der Waals surface area contributed by atoms with Crippen molar-refractivity contribution >= 4 is 23.4 Å². The molecule has 16 heavy (non-hydrogen) atoms. The zero-order valence-corrected chi connectivity index (χ0v) is 10.5. The van der Waals surface area contributed by atoms with Gasteiger partial charge in [0, 0.05) is 23.0 Å². The topological polar surface area (TPSA) is 38.7 Å². The summed E-state index contributed by atoms with van der Waals surface area (Å²) in [5.41, 5.74) is 2.02. The molecular weight excluding hydrogens is 242 g/mol. The zero-order chi connectivity index (χ0) is 11.5. The van der Waals surface area contributed by atoms with Gasteiger partial charge >= 0.3 is 0 Å². The summed E-state index contributed by atoms with van der Waals surface area (Å²) in [6.45, 7) is 3.93. The Hall–Kier alpha value is -1.13. The molecule has 0 aromatic carbocycles. The third-order valence-electron chi connectivity index (χ3n) is 1.99. The molecule has 0 spiro atoms. The van der Waals surface area contributed by atoms with Gasteiger partial charge in [-0.05, 0) is 43.3 Å². The Balaban J connectivity index is 2.30. The van der Waals surface area contributed by atoms with Gasteiger partial charge < -0.3 is 0 Å². The van der Waals surface area contributed by atoms with E-state index in [4.69, 9.17) is 11.6 Å². The molecule has 0 aliphatic heterocycles. The van der Waals surface area contributed by atoms with Gasteiger partial charge in [0.25, 0.3) is 0 Å². The summed E-state index contributed by atoms with van der Waals surface area (Å²) in [5, 5.41) is 1.21. The lowest BCUT2D eigenvalue weighted by Crippen LogP contribution is -1.90. The van der Waals surface area contributed by atoms with Crippen LogP contribution in [-0.2, 0) is 0 Å². The van der Waals surface area contributed by atoms with E-state index >= 15 is 0 Å². The molecule has 82 valence electrons. The molecule has 5 heteroatoms. The van der Waals surface area contributed by atoms with Gasteiger partial charge in [0.05, 0.1) is 0 Å². The van der Waals surface area contributed by atoms with Crippen LogP contribution in [0.5, 0.6) is 0 Å². The molecule has 2 aromatic heterocycles. The fraction of sp³-hybridized carbons (Fsp3) is 0.182. The van der Waals surface area contributed by atoms with Crippen molar-refractivity contribution in [3.63, 3.8) is 0 Å². The van der Waals surface area contributed by atoms with Gasteiger partial charge in [0.2, 0.25) is 0 Å². The van der Waals surface area contributed by atoms with Crippen LogP contribution in [0.15, 0.2) is 34.6 Å². The van der Waals surface area contributed by atoms with Crippen LogP contribution < -0.4 is 0 Å². The molecule has 2 aromatic rings. The maximum Gasteiger partial charge on any atom is 0.192 e. The molecule has 2 heterocycles. The van der Waals surface area contributed by atoms with Crippen LogP contribution >= 0.6 is 23.4 Å². The average Bonchev–Trinajstić information content (AvgIpc) is 2.24. The highest BCUT2D eigenvalue weighted by Crippen LogP contribution is 2.28. The standard InChI is InChI=1S/C11H10ClN3S/c1-7-6-14-10(12)5-9(7)16-11-13-4-3-8(2)15-11/h3-6H,1-2H3. The van der Waals surface area contributed by atoms with Gasteiger partial charge in [0.1, 0.15) is 5.15 Å². The van der Waals surface area contributed by atoms with Gasteiger partial charge in [-0.2, -0.15) is 0 Å². The van der Waals surface area contributed by atoms with Crippen LogP contribution in [0.25, 0.3) is 0 Å². The van der Waals surface area contributed by atoms with Gasteiger partial charge in [-0.1, -0.05) is 11.6 Å². The van der Waals surface area contributed by atoms with Crippen molar-refractivity contribution in [3.05, 3.63) is 40.9 Å². The van der Waals surface area contributed by atoms with E-state index in [1.807, 2.05) is 26.0 Å². The molecule has 0 aliphatic carbocycles. The molecule has 0 aliphatic rings. The second kappa shape index (κ2) is 4.80. The summed E-state index contributed by atoms with van der Waals surface area (Å²) in [4.78, 5) is 13.6. The Morgan fingerprint density at radius 3 is 2.81 bits per heavy atom. The van der Waals surface area contributed by atoms with Gasteiger partial charge in [-0.3, -0.25) is 0 Å². The van der Waals surface area contributed by atoms with E-state index in [2.05, 4.69) is 15.0 Å². The molecule has 0 N–H and O–H groups in total. The molecule has 0 atom stereocenters. The van der Waals surface area contributed by atoms with E-state index in [0.717, 1.165) is 21.3 Å². The van der Waals surface area contributed by atoms with Crippen molar-refractivity contribution in [1.82, 2.24) is 15.0 Å². The van der Waals surface area contributed by atoms with Gasteiger partial charge in [-0.25, -0.2) is 15.0 Å². The fourth-order valence-electron chi connectivity index (χ4n) is 1.16. The van der Waals surface area contributed by atoms with Crippen molar-refractivity contribution in [3.8, 4) is 0 Å². The summed E-state index contributed by atoms with van der Waals surface area (Å²) in [6, 6.07) is 3.70. The average molecular weight is 252 g/mol. The lowest BCUT2D eigenvalue weighted by atomic mass is 10.3. The smallest absolute Gasteiger partial charge is 0.192 e. The number of rotatable bonds is 2. The largest absolute Gasteiger partial charge is 0.244 e. The first kappa shape index (κ1) is 11.4. The highest BCUT2D eigenvalue weighted by Gasteiger charge is 2.05. The quantitative estimate of drug-likeness (QED) is 0.606. The number of hydrogen-bond donors (Lipinski definition) is 0. The van der Waals surface area contributed by atoms with Crippen LogP contribution in [-0.4, -0.2) is 15.0 Å². The molecular formula is C11H10ClN3S. The van der Waals surface area contributed by atoms with Gasteiger partial charge in [-0.15, -0.1) is 0 Å². The molecule has 0 radical (unpaired) electrons. The Morgan fingerprint density at radius 2 is 2.06 bits per heavy atom. The SMILES string of the molecule is Cc1ccnc(Sc2cc(Cl)ncc2C)n1. The van der Waals surface area contributed by atoms with Gasteiger partial charge in [0.15, 0.2) is 5.16 Å². The van der Waals surface area contributed by atoms with E-state index < -0.39 is 0 Å². The maximum absolute atomic E-state index is 5.85. The molecule has 0 unspecified atom stereocenters. The minimum Gasteiger partial charge on any atom is -0.244 e. The highest BCUT2D eigenvalue weighted by atomic mass is 35.5. The van der Waals surface area contributed by atoms with Crippen LogP contribution in [0.1, 0.15) is 11.3 Å². The van der Waals surface area contributed by atoms with Crippen LogP contribution in [0.2, 0.25) is 5.15 Å². The normalized spacial score (nSPS) is 10.4. The molecule has 0 bridgehead atoms. The van der Waals surface area contributed by atoms with Crippen molar-refractivity contribution in [2.24, 2.45) is 0 Å². The van der Waals surface area contributed by atoms with E-state index in [9.17, 15) is 0 Å². The monoisotopic (exact) mass is 251 g/mol. The molecule has 0 saturated heterocycles. The predicted octanol–water partition coefficient (Wildman–Crippen LogP) is 3.29. The number of halogens is 1. The Morgan fingerprint density at radius 1 is 1.25 bits per heavy atom. The summed E-state index contributed by atoms with van der Waals surface area (Å²) < 4.78 is 0. The first-order valence-corrected chi connectivity index (χ1v) is 5.94. The van der Waals surface area contributed by atoms with Crippen LogP contribution in [0.4, 0.5) is 0 Å². The second-order valence-corrected chi connectivity index (χ2v) is 4.75. The predicted molar refractivity (Wildman–Crippen MR) is 64.9 cm³/mol. The van der Waals surface area contributed by atoms with Crippen molar-refractivity contribution in [2.45, 2.75) is 23.9 Å². The number of aromatic nitrogens is 3. The summed E-state index contributed by atoms with van der Waals surface area (Å²) >= 11 is 7.34. The van der Waals surface area contributed by atoms with E-state index in [-0.39, 0.29) is 0 Å². The highest BCUT2D eigenvalue weighted by molar-refractivity contribution is 7.99. The summed E-state index contributed by atoms with van der Waals surface area (Å²) in [7, 11) is 0. The summed E-state index contributed by atoms with van der Waals surface area (Å²) in [5.74, 6) is 0. The summed E-state index contributed by atoms with van der Waals surface area (Å²) in [6.07, 6.45) is 3.50. The van der Waals surface area contributed by atoms with Crippen LogP contribution in [0, 0.1) is 13.8 Å². The lowest BCUT2D eigenvalue weighted by molar-refractivity contribution is 0.931. The number of nitrogens with zero attached hydrogens (tertiary/aromatic N) is 3. The number of pyridine rings is 1. The molecule has 0 fully saturated rings. The Kier molecular flexibility index (Phi) is 3.41. The molecule has 0 saturated carbocycles. The maximum atomic E-state index is 5.85. The minimum atomic E-state index is 0.487. The molecule has 2 rings (SSSR count). The van der Waals surface area contributed by atoms with Crippen molar-refractivity contribution < 1.29 is 0 Å². The Bertz CT molecular complexity index is 516. The lowest BCUT2D eigenvalue weighted by Gasteiger charge is -2.04. The van der Waals surface area contributed by atoms with Crippen molar-refractivity contribution in [2.75, 3.05) is 0 Å².